The first kappa shape index (κ1) is 13.9. The van der Waals surface area contributed by atoms with Gasteiger partial charge in [0.05, 0.1) is 26.9 Å². The van der Waals surface area contributed by atoms with Crippen LogP contribution < -0.4 is 9.47 Å². The van der Waals surface area contributed by atoms with Gasteiger partial charge >= 0.3 is 0 Å². The maximum atomic E-state index is 12.4. The van der Waals surface area contributed by atoms with E-state index in [1.807, 2.05) is 0 Å². The second kappa shape index (κ2) is 4.88. The summed E-state index contributed by atoms with van der Waals surface area (Å²) in [6.45, 7) is 1.51. The average Bonchev–Trinajstić information content (AvgIpc) is 2.45. The van der Waals surface area contributed by atoms with Crippen LogP contribution in [0.25, 0.3) is 0 Å². The Bertz CT molecular complexity index is 642. The van der Waals surface area contributed by atoms with Crippen LogP contribution in [0.1, 0.15) is 27.6 Å². The maximum Gasteiger partial charge on any atom is 0.232 e. The number of hydrogen-bond donors (Lipinski definition) is 1. The zero-order valence-corrected chi connectivity index (χ0v) is 11.6. The molecule has 0 saturated heterocycles. The molecule has 0 bridgehead atoms. The van der Waals surface area contributed by atoms with Crippen LogP contribution >= 0.6 is 0 Å². The number of ether oxygens (including phenoxy) is 3. The van der Waals surface area contributed by atoms with Crippen LogP contribution in [0.3, 0.4) is 0 Å². The fourth-order valence-corrected chi connectivity index (χ4v) is 2.22. The minimum absolute atomic E-state index is 0.0155. The molecule has 20 heavy (non-hydrogen) atoms. The van der Waals surface area contributed by atoms with E-state index < -0.39 is 5.78 Å². The molecule has 1 N–H and O–H groups in total. The molecule has 0 aliphatic heterocycles. The van der Waals surface area contributed by atoms with Crippen LogP contribution in [0.4, 0.5) is 0 Å². The number of carbonyl (C=O) groups is 2. The Morgan fingerprint density at radius 3 is 2.15 bits per heavy atom. The molecule has 0 spiro atoms. The van der Waals surface area contributed by atoms with Crippen molar-refractivity contribution in [2.45, 2.75) is 6.92 Å². The van der Waals surface area contributed by atoms with Gasteiger partial charge in [-0.15, -0.1) is 0 Å². The Morgan fingerprint density at radius 2 is 1.65 bits per heavy atom. The van der Waals surface area contributed by atoms with Gasteiger partial charge < -0.3 is 19.3 Å². The van der Waals surface area contributed by atoms with Gasteiger partial charge in [0.2, 0.25) is 11.5 Å². The molecule has 1 aromatic rings. The van der Waals surface area contributed by atoms with Crippen molar-refractivity contribution in [2.75, 3.05) is 21.3 Å². The van der Waals surface area contributed by atoms with Crippen molar-refractivity contribution in [2.24, 2.45) is 0 Å². The van der Waals surface area contributed by atoms with E-state index >= 15 is 0 Å². The van der Waals surface area contributed by atoms with Crippen LogP contribution in [0.2, 0.25) is 0 Å². The summed E-state index contributed by atoms with van der Waals surface area (Å²) >= 11 is 0. The SMILES string of the molecule is COC1=C(C)C(=O)c2cc(OC)c(O)c(OC)c2C1=O. The monoisotopic (exact) mass is 278 g/mol. The van der Waals surface area contributed by atoms with Crippen molar-refractivity contribution in [1.29, 1.82) is 0 Å². The number of fused-ring (bicyclic) bond motifs is 1. The largest absolute Gasteiger partial charge is 0.502 e. The van der Waals surface area contributed by atoms with Crippen LogP contribution in [0.15, 0.2) is 17.4 Å². The normalized spacial score (nSPS) is 14.2. The molecule has 1 aliphatic carbocycles. The Balaban J connectivity index is 2.83. The number of hydrogen-bond acceptors (Lipinski definition) is 6. The Labute approximate surface area is 115 Å². The Kier molecular flexibility index (Phi) is 3.40. The summed E-state index contributed by atoms with van der Waals surface area (Å²) in [5.41, 5.74) is 0.317. The quantitative estimate of drug-likeness (QED) is 0.906. The number of Topliss-reactive ketones (excluding diaryl/α,β-unsaturated/α-hetero) is 2. The van der Waals surface area contributed by atoms with Crippen molar-refractivity contribution in [3.8, 4) is 17.2 Å². The van der Waals surface area contributed by atoms with E-state index in [0.717, 1.165) is 0 Å². The molecule has 0 saturated carbocycles. The number of methoxy groups -OCH3 is 3. The van der Waals surface area contributed by atoms with Crippen molar-refractivity contribution >= 4 is 11.6 Å². The lowest BCUT2D eigenvalue weighted by atomic mass is 9.87. The van der Waals surface area contributed by atoms with Crippen LogP contribution in [0.5, 0.6) is 17.2 Å². The number of allylic oxidation sites excluding steroid dienone is 2. The first-order valence-corrected chi connectivity index (χ1v) is 5.80. The van der Waals surface area contributed by atoms with Gasteiger partial charge in [0.25, 0.3) is 0 Å². The fraction of sp³-hybridized carbons (Fsp3) is 0.286. The third kappa shape index (κ3) is 1.72. The minimum atomic E-state index is -0.505. The van der Waals surface area contributed by atoms with Crippen molar-refractivity contribution in [3.05, 3.63) is 28.5 Å². The van der Waals surface area contributed by atoms with Gasteiger partial charge in [0, 0.05) is 11.1 Å². The third-order valence-corrected chi connectivity index (χ3v) is 3.21. The summed E-state index contributed by atoms with van der Waals surface area (Å²) in [6, 6.07) is 1.32. The maximum absolute atomic E-state index is 12.4. The number of carbonyl (C=O) groups excluding carboxylic acids is 2. The molecule has 1 aromatic carbocycles. The molecular weight excluding hydrogens is 264 g/mol. The molecule has 0 fully saturated rings. The summed E-state index contributed by atoms with van der Waals surface area (Å²) < 4.78 is 15.0. The fourth-order valence-electron chi connectivity index (χ4n) is 2.22. The van der Waals surface area contributed by atoms with Gasteiger partial charge in [-0.1, -0.05) is 0 Å². The highest BCUT2D eigenvalue weighted by Gasteiger charge is 2.36. The highest BCUT2D eigenvalue weighted by atomic mass is 16.5. The zero-order chi connectivity index (χ0) is 15.0. The lowest BCUT2D eigenvalue weighted by molar-refractivity contribution is 0.0902. The van der Waals surface area contributed by atoms with Gasteiger partial charge in [-0.3, -0.25) is 9.59 Å². The van der Waals surface area contributed by atoms with E-state index in [2.05, 4.69) is 0 Å². The lowest BCUT2D eigenvalue weighted by Crippen LogP contribution is -2.23. The first-order chi connectivity index (χ1) is 9.47. The second-order valence-corrected chi connectivity index (χ2v) is 4.20. The van der Waals surface area contributed by atoms with Gasteiger partial charge in [-0.25, -0.2) is 0 Å². The number of phenols is 1. The van der Waals surface area contributed by atoms with E-state index in [9.17, 15) is 14.7 Å². The summed E-state index contributed by atoms with van der Waals surface area (Å²) in [4.78, 5) is 24.7. The number of aromatic hydroxyl groups is 1. The second-order valence-electron chi connectivity index (χ2n) is 4.20. The van der Waals surface area contributed by atoms with Gasteiger partial charge in [0.1, 0.15) is 0 Å². The summed E-state index contributed by atoms with van der Waals surface area (Å²) in [7, 11) is 3.95. The minimum Gasteiger partial charge on any atom is -0.502 e. The molecule has 6 heteroatoms. The molecule has 0 atom stereocenters. The Morgan fingerprint density at radius 1 is 1.00 bits per heavy atom. The molecule has 0 aromatic heterocycles. The summed E-state index contributed by atoms with van der Waals surface area (Å²) in [5.74, 6) is -1.28. The standard InChI is InChI=1S/C14H14O6/c1-6-10(15)7-5-8(18-2)11(16)14(20-4)9(7)12(17)13(6)19-3/h5,16H,1-4H3. The highest BCUT2D eigenvalue weighted by molar-refractivity contribution is 6.27. The predicted molar refractivity (Wildman–Crippen MR) is 69.6 cm³/mol. The highest BCUT2D eigenvalue weighted by Crippen LogP contribution is 2.44. The zero-order valence-electron chi connectivity index (χ0n) is 11.6. The molecule has 0 unspecified atom stereocenters. The molecule has 6 nitrogen and oxygen atoms in total. The van der Waals surface area contributed by atoms with Crippen LogP contribution in [-0.2, 0) is 4.74 Å². The summed E-state index contributed by atoms with van der Waals surface area (Å²) in [6.07, 6.45) is 0. The van der Waals surface area contributed by atoms with Crippen molar-refractivity contribution in [1.82, 2.24) is 0 Å². The number of phenolic OH excluding ortho intramolecular Hbond substituents is 1. The number of ketones is 2. The van der Waals surface area contributed by atoms with E-state index in [0.29, 0.717) is 0 Å². The molecule has 0 amide bonds. The van der Waals surface area contributed by atoms with Crippen molar-refractivity contribution < 1.29 is 28.9 Å². The molecular formula is C14H14O6. The first-order valence-electron chi connectivity index (χ1n) is 5.80. The molecule has 106 valence electrons. The van der Waals surface area contributed by atoms with Gasteiger partial charge in [-0.2, -0.15) is 0 Å². The van der Waals surface area contributed by atoms with E-state index in [4.69, 9.17) is 14.2 Å². The van der Waals surface area contributed by atoms with E-state index in [-0.39, 0.29) is 45.5 Å². The molecule has 1 aliphatic rings. The Hall–Kier alpha value is -2.50. The number of benzene rings is 1. The lowest BCUT2D eigenvalue weighted by Gasteiger charge is -2.21. The van der Waals surface area contributed by atoms with Crippen LogP contribution in [-0.4, -0.2) is 38.0 Å². The van der Waals surface area contributed by atoms with E-state index in [1.54, 1.807) is 0 Å². The summed E-state index contributed by atoms with van der Waals surface area (Å²) in [5, 5.41) is 10.0. The molecule has 0 heterocycles. The van der Waals surface area contributed by atoms with Crippen molar-refractivity contribution in [3.63, 3.8) is 0 Å². The number of rotatable bonds is 3. The average molecular weight is 278 g/mol. The van der Waals surface area contributed by atoms with Gasteiger partial charge in [-0.05, 0) is 13.0 Å². The molecule has 2 rings (SSSR count). The molecule has 0 radical (unpaired) electrons. The predicted octanol–water partition coefficient (Wildman–Crippen LogP) is 1.71. The smallest absolute Gasteiger partial charge is 0.232 e. The van der Waals surface area contributed by atoms with E-state index in [1.165, 1.54) is 34.3 Å². The van der Waals surface area contributed by atoms with Gasteiger partial charge in [0.15, 0.2) is 23.0 Å². The van der Waals surface area contributed by atoms with Crippen LogP contribution in [0, 0.1) is 0 Å². The third-order valence-electron chi connectivity index (χ3n) is 3.21. The topological polar surface area (TPSA) is 82.1 Å².